The Morgan fingerprint density at radius 1 is 1.50 bits per heavy atom. The fourth-order valence-electron chi connectivity index (χ4n) is 2.16. The number of rotatable bonds is 3. The smallest absolute Gasteiger partial charge is 0.309 e. The lowest BCUT2D eigenvalue weighted by molar-refractivity contribution is -0.148. The Balaban J connectivity index is 2.05. The molecule has 1 aromatic heterocycles. The van der Waals surface area contributed by atoms with Gasteiger partial charge in [0.1, 0.15) is 0 Å². The van der Waals surface area contributed by atoms with E-state index in [1.54, 1.807) is 12.4 Å². The minimum atomic E-state index is -0.0804. The van der Waals surface area contributed by atoms with Crippen LogP contribution < -0.4 is 0 Å². The maximum Gasteiger partial charge on any atom is 0.309 e. The number of carbonyl (C=O) groups excluding carboxylic acids is 1. The second-order valence-corrected chi connectivity index (χ2v) is 4.50. The van der Waals surface area contributed by atoms with Crippen LogP contribution in [0.15, 0.2) is 18.5 Å². The molecule has 1 heterocycles. The van der Waals surface area contributed by atoms with Gasteiger partial charge in [0, 0.05) is 6.20 Å². The van der Waals surface area contributed by atoms with Gasteiger partial charge in [0.15, 0.2) is 0 Å². The number of hydrogen-bond donors (Lipinski definition) is 0. The number of esters is 1. The monoisotopic (exact) mass is 246 g/mol. The molecule has 4 nitrogen and oxygen atoms in total. The average Bonchev–Trinajstić information content (AvgIpc) is 2.39. The molecule has 0 aliphatic heterocycles. The van der Waals surface area contributed by atoms with Crippen molar-refractivity contribution in [2.24, 2.45) is 5.92 Å². The molecule has 0 bridgehead atoms. The Morgan fingerprint density at radius 3 is 2.94 bits per heavy atom. The molecule has 0 unspecified atom stereocenters. The molecule has 1 aliphatic carbocycles. The highest BCUT2D eigenvalue weighted by Gasteiger charge is 2.23. The molecular weight excluding hydrogens is 228 g/mol. The van der Waals surface area contributed by atoms with Gasteiger partial charge in [-0.1, -0.05) is 6.08 Å². The zero-order valence-electron chi connectivity index (χ0n) is 10.8. The third-order valence-corrected chi connectivity index (χ3v) is 3.11. The molecule has 18 heavy (non-hydrogen) atoms. The second kappa shape index (κ2) is 5.76. The number of aromatic nitrogens is 2. The van der Waals surface area contributed by atoms with Crippen molar-refractivity contribution in [3.8, 4) is 0 Å². The maximum absolute atomic E-state index is 11.6. The van der Waals surface area contributed by atoms with Crippen LogP contribution in [0.2, 0.25) is 0 Å². The third kappa shape index (κ3) is 2.94. The predicted octanol–water partition coefficient (Wildman–Crippen LogP) is 2.53. The Bertz CT molecular complexity index is 469. The highest BCUT2D eigenvalue weighted by atomic mass is 16.5. The minimum absolute atomic E-state index is 0.00599. The predicted molar refractivity (Wildman–Crippen MR) is 68.7 cm³/mol. The first kappa shape index (κ1) is 12.7. The highest BCUT2D eigenvalue weighted by molar-refractivity contribution is 5.75. The van der Waals surface area contributed by atoms with Crippen LogP contribution in [0.5, 0.6) is 0 Å². The van der Waals surface area contributed by atoms with E-state index in [0.717, 1.165) is 30.7 Å². The molecule has 0 fully saturated rings. The molecule has 1 atom stereocenters. The zero-order valence-corrected chi connectivity index (χ0v) is 10.8. The molecule has 0 N–H and O–H groups in total. The van der Waals surface area contributed by atoms with E-state index in [9.17, 15) is 4.79 Å². The second-order valence-electron chi connectivity index (χ2n) is 4.50. The summed E-state index contributed by atoms with van der Waals surface area (Å²) in [4.78, 5) is 20.2. The molecule has 0 saturated heterocycles. The fourth-order valence-corrected chi connectivity index (χ4v) is 2.16. The molecule has 0 radical (unpaired) electrons. The van der Waals surface area contributed by atoms with E-state index in [2.05, 4.69) is 16.0 Å². The Labute approximate surface area is 107 Å². The first-order chi connectivity index (χ1) is 8.70. The van der Waals surface area contributed by atoms with Crippen LogP contribution in [-0.2, 0) is 9.53 Å². The quantitative estimate of drug-likeness (QED) is 0.769. The van der Waals surface area contributed by atoms with Crippen LogP contribution in [0.1, 0.15) is 37.6 Å². The van der Waals surface area contributed by atoms with Crippen molar-refractivity contribution in [3.63, 3.8) is 0 Å². The number of hydrogen-bond acceptors (Lipinski definition) is 4. The SMILES string of the molecule is CCOC(=O)[C@@H]1CC=C(c2cncc(C)n2)CC1. The summed E-state index contributed by atoms with van der Waals surface area (Å²) >= 11 is 0. The molecule has 0 spiro atoms. The number of nitrogens with zero attached hydrogens (tertiary/aromatic N) is 2. The van der Waals surface area contributed by atoms with Crippen molar-refractivity contribution in [1.82, 2.24) is 9.97 Å². The standard InChI is InChI=1S/C14H18N2O2/c1-3-18-14(17)12-6-4-11(5-7-12)13-9-15-8-10(2)16-13/h4,8-9,12H,3,5-7H2,1-2H3/t12-/m1/s1. The van der Waals surface area contributed by atoms with Crippen LogP contribution in [0.25, 0.3) is 5.57 Å². The van der Waals surface area contributed by atoms with E-state index in [4.69, 9.17) is 4.74 Å². The van der Waals surface area contributed by atoms with Crippen molar-refractivity contribution in [3.05, 3.63) is 29.9 Å². The normalized spacial score (nSPS) is 19.2. The summed E-state index contributed by atoms with van der Waals surface area (Å²) in [5.74, 6) is -0.0744. The van der Waals surface area contributed by atoms with Crippen LogP contribution in [0.4, 0.5) is 0 Å². The summed E-state index contributed by atoms with van der Waals surface area (Å²) in [6.45, 7) is 4.22. The van der Waals surface area contributed by atoms with E-state index < -0.39 is 0 Å². The van der Waals surface area contributed by atoms with Gasteiger partial charge in [0.05, 0.1) is 30.1 Å². The summed E-state index contributed by atoms with van der Waals surface area (Å²) in [5.41, 5.74) is 3.03. The third-order valence-electron chi connectivity index (χ3n) is 3.11. The number of allylic oxidation sites excluding steroid dienone is 2. The summed E-state index contributed by atoms with van der Waals surface area (Å²) in [6.07, 6.45) is 8.05. The van der Waals surface area contributed by atoms with Crippen molar-refractivity contribution in [2.45, 2.75) is 33.1 Å². The Hall–Kier alpha value is -1.71. The van der Waals surface area contributed by atoms with E-state index in [-0.39, 0.29) is 11.9 Å². The fraction of sp³-hybridized carbons (Fsp3) is 0.500. The lowest BCUT2D eigenvalue weighted by atomic mass is 9.88. The molecule has 0 amide bonds. The van der Waals surface area contributed by atoms with Gasteiger partial charge in [0.25, 0.3) is 0 Å². The maximum atomic E-state index is 11.6. The van der Waals surface area contributed by atoms with Gasteiger partial charge in [-0.3, -0.25) is 14.8 Å². The first-order valence-corrected chi connectivity index (χ1v) is 6.35. The van der Waals surface area contributed by atoms with Crippen LogP contribution in [0, 0.1) is 12.8 Å². The van der Waals surface area contributed by atoms with E-state index >= 15 is 0 Å². The van der Waals surface area contributed by atoms with E-state index in [0.29, 0.717) is 6.61 Å². The topological polar surface area (TPSA) is 52.1 Å². The minimum Gasteiger partial charge on any atom is -0.466 e. The van der Waals surface area contributed by atoms with Gasteiger partial charge < -0.3 is 4.74 Å². The molecule has 0 aromatic carbocycles. The van der Waals surface area contributed by atoms with Gasteiger partial charge in [-0.2, -0.15) is 0 Å². The van der Waals surface area contributed by atoms with Crippen LogP contribution in [0.3, 0.4) is 0 Å². The van der Waals surface area contributed by atoms with Gasteiger partial charge in [0.2, 0.25) is 0 Å². The summed E-state index contributed by atoms with van der Waals surface area (Å²) in [5, 5.41) is 0. The zero-order chi connectivity index (χ0) is 13.0. The lowest BCUT2D eigenvalue weighted by Gasteiger charge is -2.20. The average molecular weight is 246 g/mol. The summed E-state index contributed by atoms with van der Waals surface area (Å²) < 4.78 is 5.05. The van der Waals surface area contributed by atoms with Crippen molar-refractivity contribution in [2.75, 3.05) is 6.61 Å². The molecule has 4 heteroatoms. The number of carbonyl (C=O) groups is 1. The lowest BCUT2D eigenvalue weighted by Crippen LogP contribution is -2.19. The van der Waals surface area contributed by atoms with Crippen LogP contribution in [-0.4, -0.2) is 22.5 Å². The Morgan fingerprint density at radius 2 is 2.33 bits per heavy atom. The molecule has 1 aromatic rings. The van der Waals surface area contributed by atoms with Gasteiger partial charge in [-0.05, 0) is 38.7 Å². The molecule has 2 rings (SSSR count). The molecule has 1 aliphatic rings. The van der Waals surface area contributed by atoms with E-state index in [1.807, 2.05) is 13.8 Å². The Kier molecular flexibility index (Phi) is 4.07. The summed E-state index contributed by atoms with van der Waals surface area (Å²) in [6, 6.07) is 0. The first-order valence-electron chi connectivity index (χ1n) is 6.35. The largest absolute Gasteiger partial charge is 0.466 e. The molecular formula is C14H18N2O2. The van der Waals surface area contributed by atoms with Crippen molar-refractivity contribution in [1.29, 1.82) is 0 Å². The van der Waals surface area contributed by atoms with Crippen molar-refractivity contribution < 1.29 is 9.53 Å². The van der Waals surface area contributed by atoms with Gasteiger partial charge in [-0.25, -0.2) is 0 Å². The van der Waals surface area contributed by atoms with Gasteiger partial charge in [-0.15, -0.1) is 0 Å². The van der Waals surface area contributed by atoms with E-state index in [1.165, 1.54) is 5.57 Å². The number of aryl methyl sites for hydroxylation is 1. The summed E-state index contributed by atoms with van der Waals surface area (Å²) in [7, 11) is 0. The van der Waals surface area contributed by atoms with Gasteiger partial charge >= 0.3 is 5.97 Å². The van der Waals surface area contributed by atoms with Crippen LogP contribution >= 0.6 is 0 Å². The number of ether oxygens (including phenoxy) is 1. The molecule has 96 valence electrons. The van der Waals surface area contributed by atoms with Crippen molar-refractivity contribution >= 4 is 11.5 Å². The molecule has 0 saturated carbocycles. The highest BCUT2D eigenvalue weighted by Crippen LogP contribution is 2.29.